The second-order valence-corrected chi connectivity index (χ2v) is 6.60. The summed E-state index contributed by atoms with van der Waals surface area (Å²) in [5.41, 5.74) is 2.18. The van der Waals surface area contributed by atoms with Crippen molar-refractivity contribution in [1.82, 2.24) is 10.6 Å². The van der Waals surface area contributed by atoms with Crippen LogP contribution in [-0.4, -0.2) is 25.0 Å². The number of para-hydroxylation sites is 1. The van der Waals surface area contributed by atoms with Crippen molar-refractivity contribution in [3.63, 3.8) is 0 Å². The molecule has 146 valence electrons. The number of carbonyl (C=O) groups excluding carboxylic acids is 2. The Labute approximate surface area is 163 Å². The van der Waals surface area contributed by atoms with E-state index in [0.29, 0.717) is 29.3 Å². The molecule has 28 heavy (non-hydrogen) atoms. The molecular weight excluding hydrogens is 356 g/mol. The molecule has 3 rings (SSSR count). The Balaban J connectivity index is 1.60. The van der Waals surface area contributed by atoms with E-state index >= 15 is 0 Å². The molecule has 0 fully saturated rings. The Kier molecular flexibility index (Phi) is 5.99. The topological polar surface area (TPSA) is 80.6 Å². The van der Waals surface area contributed by atoms with E-state index in [1.165, 1.54) is 0 Å². The van der Waals surface area contributed by atoms with E-state index < -0.39 is 0 Å². The summed E-state index contributed by atoms with van der Waals surface area (Å²) >= 11 is 0. The highest BCUT2D eigenvalue weighted by molar-refractivity contribution is 5.96. The van der Waals surface area contributed by atoms with Gasteiger partial charge in [0.2, 0.25) is 5.91 Å². The first-order chi connectivity index (χ1) is 13.5. The largest absolute Gasteiger partial charge is 0.490 e. The highest BCUT2D eigenvalue weighted by Gasteiger charge is 2.17. The summed E-state index contributed by atoms with van der Waals surface area (Å²) < 4.78 is 11.5. The fourth-order valence-electron chi connectivity index (χ4n) is 2.95. The fourth-order valence-corrected chi connectivity index (χ4v) is 2.95. The fraction of sp³-hybridized carbons (Fsp3) is 0.273. The molecule has 0 spiro atoms. The maximum Gasteiger partial charge on any atom is 0.251 e. The van der Waals surface area contributed by atoms with Crippen LogP contribution in [0, 0.1) is 6.92 Å². The highest BCUT2D eigenvalue weighted by Crippen LogP contribution is 2.31. The van der Waals surface area contributed by atoms with Crippen LogP contribution in [0.3, 0.4) is 0 Å². The zero-order chi connectivity index (χ0) is 20.1. The van der Waals surface area contributed by atoms with E-state index in [4.69, 9.17) is 9.15 Å². The predicted octanol–water partition coefficient (Wildman–Crippen LogP) is 3.75. The lowest BCUT2D eigenvalue weighted by Crippen LogP contribution is -2.37. The first-order valence-electron chi connectivity index (χ1n) is 9.27. The van der Waals surface area contributed by atoms with E-state index in [0.717, 1.165) is 10.9 Å². The van der Waals surface area contributed by atoms with Crippen molar-refractivity contribution in [1.29, 1.82) is 0 Å². The van der Waals surface area contributed by atoms with Crippen LogP contribution in [0.5, 0.6) is 5.75 Å². The van der Waals surface area contributed by atoms with Gasteiger partial charge in [0, 0.05) is 10.9 Å². The van der Waals surface area contributed by atoms with Gasteiger partial charge in [-0.05, 0) is 45.0 Å². The highest BCUT2D eigenvalue weighted by atomic mass is 16.5. The minimum atomic E-state index is -0.342. The number of ether oxygens (including phenoxy) is 1. The quantitative estimate of drug-likeness (QED) is 0.654. The van der Waals surface area contributed by atoms with Crippen LogP contribution in [0.15, 0.2) is 52.9 Å². The van der Waals surface area contributed by atoms with Crippen LogP contribution in [0.25, 0.3) is 11.0 Å². The van der Waals surface area contributed by atoms with Crippen LogP contribution in [0.2, 0.25) is 0 Å². The zero-order valence-electron chi connectivity index (χ0n) is 16.2. The summed E-state index contributed by atoms with van der Waals surface area (Å²) in [6, 6.07) is 14.4. The Morgan fingerprint density at radius 1 is 1.14 bits per heavy atom. The minimum Gasteiger partial charge on any atom is -0.490 e. The van der Waals surface area contributed by atoms with Crippen LogP contribution < -0.4 is 15.4 Å². The van der Waals surface area contributed by atoms with E-state index in [-0.39, 0.29) is 24.4 Å². The Hall–Kier alpha value is -3.28. The standard InChI is InChI=1S/C22H24N2O4/c1-4-27-18-10-6-8-16-12-19(28-21(16)18)15(3)24-20(25)13-23-22(26)17-9-5-7-14(2)11-17/h5-12,15H,4,13H2,1-3H3,(H,23,26)(H,24,25)/t15-/m1/s1. The van der Waals surface area contributed by atoms with Crippen LogP contribution in [0.1, 0.15) is 41.6 Å². The third kappa shape index (κ3) is 4.52. The van der Waals surface area contributed by atoms with Crippen LogP contribution in [0.4, 0.5) is 0 Å². The number of aryl methyl sites for hydroxylation is 1. The lowest BCUT2D eigenvalue weighted by molar-refractivity contribution is -0.120. The van der Waals surface area contributed by atoms with Gasteiger partial charge >= 0.3 is 0 Å². The summed E-state index contributed by atoms with van der Waals surface area (Å²) in [4.78, 5) is 24.4. The van der Waals surface area contributed by atoms with E-state index in [2.05, 4.69) is 10.6 Å². The summed E-state index contributed by atoms with van der Waals surface area (Å²) in [5, 5.41) is 6.38. The van der Waals surface area contributed by atoms with E-state index in [1.54, 1.807) is 12.1 Å². The van der Waals surface area contributed by atoms with Gasteiger partial charge in [-0.1, -0.05) is 29.8 Å². The molecule has 2 aromatic carbocycles. The van der Waals surface area contributed by atoms with Gasteiger partial charge < -0.3 is 19.8 Å². The Morgan fingerprint density at radius 2 is 1.93 bits per heavy atom. The number of hydrogen-bond acceptors (Lipinski definition) is 4. The molecule has 0 saturated carbocycles. The second kappa shape index (κ2) is 8.61. The van der Waals surface area contributed by atoms with Gasteiger partial charge in [-0.25, -0.2) is 0 Å². The van der Waals surface area contributed by atoms with Crippen molar-refractivity contribution >= 4 is 22.8 Å². The normalized spacial score (nSPS) is 11.8. The van der Waals surface area contributed by atoms with Crippen LogP contribution >= 0.6 is 0 Å². The van der Waals surface area contributed by atoms with Gasteiger partial charge in [-0.2, -0.15) is 0 Å². The molecule has 6 heteroatoms. The van der Waals surface area contributed by atoms with E-state index in [9.17, 15) is 9.59 Å². The van der Waals surface area contributed by atoms with Gasteiger partial charge in [0.05, 0.1) is 19.2 Å². The van der Waals surface area contributed by atoms with Crippen molar-refractivity contribution in [2.75, 3.05) is 13.2 Å². The third-order valence-corrected chi connectivity index (χ3v) is 4.32. The number of fused-ring (bicyclic) bond motifs is 1. The first-order valence-corrected chi connectivity index (χ1v) is 9.27. The number of nitrogens with one attached hydrogen (secondary N) is 2. The number of amides is 2. The molecule has 2 N–H and O–H groups in total. The number of carbonyl (C=O) groups is 2. The van der Waals surface area contributed by atoms with Gasteiger partial charge in [0.1, 0.15) is 5.76 Å². The van der Waals surface area contributed by atoms with Crippen molar-refractivity contribution in [2.45, 2.75) is 26.8 Å². The molecule has 0 aliphatic heterocycles. The molecule has 0 unspecified atom stereocenters. The smallest absolute Gasteiger partial charge is 0.251 e. The number of hydrogen-bond donors (Lipinski definition) is 2. The van der Waals surface area contributed by atoms with E-state index in [1.807, 2.05) is 57.2 Å². The third-order valence-electron chi connectivity index (χ3n) is 4.32. The number of rotatable bonds is 7. The molecule has 0 bridgehead atoms. The Bertz CT molecular complexity index is 993. The lowest BCUT2D eigenvalue weighted by Gasteiger charge is -2.12. The number of benzene rings is 2. The maximum atomic E-state index is 12.2. The molecule has 6 nitrogen and oxygen atoms in total. The van der Waals surface area contributed by atoms with Crippen molar-refractivity contribution < 1.29 is 18.7 Å². The average Bonchev–Trinajstić information content (AvgIpc) is 3.12. The van der Waals surface area contributed by atoms with Crippen molar-refractivity contribution in [3.8, 4) is 5.75 Å². The van der Waals surface area contributed by atoms with Gasteiger partial charge in [-0.15, -0.1) is 0 Å². The molecule has 3 aromatic rings. The van der Waals surface area contributed by atoms with Gasteiger partial charge in [-0.3, -0.25) is 9.59 Å². The zero-order valence-corrected chi connectivity index (χ0v) is 16.2. The molecule has 2 amide bonds. The minimum absolute atomic E-state index is 0.110. The SMILES string of the molecule is CCOc1cccc2cc([C@@H](C)NC(=O)CNC(=O)c3cccc(C)c3)oc12. The molecule has 0 aliphatic carbocycles. The maximum absolute atomic E-state index is 12.2. The molecule has 1 heterocycles. The van der Waals surface area contributed by atoms with Crippen LogP contribution in [-0.2, 0) is 4.79 Å². The van der Waals surface area contributed by atoms with Crippen molar-refractivity contribution in [2.24, 2.45) is 0 Å². The molecule has 0 aliphatic rings. The molecule has 1 aromatic heterocycles. The van der Waals surface area contributed by atoms with Gasteiger partial charge in [0.15, 0.2) is 11.3 Å². The van der Waals surface area contributed by atoms with Gasteiger partial charge in [0.25, 0.3) is 5.91 Å². The summed E-state index contributed by atoms with van der Waals surface area (Å²) in [6.45, 7) is 6.09. The predicted molar refractivity (Wildman–Crippen MR) is 107 cm³/mol. The monoisotopic (exact) mass is 380 g/mol. The molecular formula is C22H24N2O4. The summed E-state index contributed by atoms with van der Waals surface area (Å²) in [7, 11) is 0. The lowest BCUT2D eigenvalue weighted by atomic mass is 10.1. The summed E-state index contributed by atoms with van der Waals surface area (Å²) in [5.74, 6) is 0.728. The second-order valence-electron chi connectivity index (χ2n) is 6.60. The van der Waals surface area contributed by atoms with Crippen molar-refractivity contribution in [3.05, 3.63) is 65.4 Å². The Morgan fingerprint density at radius 3 is 2.68 bits per heavy atom. The number of furan rings is 1. The average molecular weight is 380 g/mol. The summed E-state index contributed by atoms with van der Waals surface area (Å²) in [6.07, 6.45) is 0. The first kappa shape index (κ1) is 19.5. The molecule has 0 radical (unpaired) electrons. The molecule has 1 atom stereocenters. The molecule has 0 saturated heterocycles.